The average Bonchev–Trinajstić information content (AvgIpc) is 3.86. The van der Waals surface area contributed by atoms with Gasteiger partial charge in [0.2, 0.25) is 0 Å². The lowest BCUT2D eigenvalue weighted by atomic mass is 10.0. The lowest BCUT2D eigenvalue weighted by Crippen LogP contribution is -2.04. The molecular weight excluding hydrogens is 705 g/mol. The van der Waals surface area contributed by atoms with Gasteiger partial charge >= 0.3 is 0 Å². The minimum absolute atomic E-state index is 0.0193. The number of aromatic nitrogens is 6. The highest BCUT2D eigenvalue weighted by atomic mass is 32.1. The van der Waals surface area contributed by atoms with Crippen LogP contribution in [0.3, 0.4) is 0 Å². The van der Waals surface area contributed by atoms with E-state index in [4.69, 9.17) is 31.8 Å². The zero-order chi connectivity index (χ0) is 41.4. The zero-order valence-corrected chi connectivity index (χ0v) is 30.3. The van der Waals surface area contributed by atoms with Crippen molar-refractivity contribution in [1.29, 1.82) is 0 Å². The van der Waals surface area contributed by atoms with Gasteiger partial charge in [-0.15, -0.1) is 11.3 Å². The number of rotatable bonds is 6. The maximum atomic E-state index is 8.97. The first-order chi connectivity index (χ1) is 29.8. The molecule has 0 N–H and O–H groups in total. The minimum Gasteiger partial charge on any atom is -0.309 e. The standard InChI is InChI=1S/C49H30N6S/c1-4-16-31(17-5-1)43-45-44(37-24-12-15-27-42(37)56-45)51-48(50-43)34-28-29-41(55-39-25-13-10-22-35(39)36-23-11-14-26-40(36)55)38(30-34)49-53-46(32-18-6-2-7-19-32)52-47(54-49)33-20-8-3-9-21-33/h1-30H/i1D,4D,5D,16D,17D. The van der Waals surface area contributed by atoms with Crippen LogP contribution in [0, 0.1) is 0 Å². The van der Waals surface area contributed by atoms with E-state index >= 15 is 0 Å². The monoisotopic (exact) mass is 739 g/mol. The quantitative estimate of drug-likeness (QED) is 0.170. The van der Waals surface area contributed by atoms with Crippen LogP contribution in [0.5, 0.6) is 0 Å². The molecule has 0 saturated heterocycles. The fourth-order valence-electron chi connectivity index (χ4n) is 7.42. The van der Waals surface area contributed by atoms with E-state index < -0.39 is 18.1 Å². The van der Waals surface area contributed by atoms with Crippen molar-refractivity contribution in [2.24, 2.45) is 0 Å². The SMILES string of the molecule is [2H]c1c([2H])c([2H])c(-c2nc(-c3ccc(-n4c5ccccc5c5ccccc54)c(-c4nc(-c5ccccc5)nc(-c5ccccc5)n4)c3)nc3c2sc2ccccc23)c([2H])c1[2H]. The molecule has 0 saturated carbocycles. The van der Waals surface area contributed by atoms with Gasteiger partial charge in [-0.3, -0.25) is 0 Å². The third-order valence-electron chi connectivity index (χ3n) is 9.97. The summed E-state index contributed by atoms with van der Waals surface area (Å²) >= 11 is 1.43. The number of hydrogen-bond donors (Lipinski definition) is 0. The molecule has 0 bridgehead atoms. The molecular formula is C49H30N6S. The first kappa shape index (κ1) is 27.3. The van der Waals surface area contributed by atoms with E-state index in [1.807, 2.05) is 127 Å². The van der Waals surface area contributed by atoms with Crippen molar-refractivity contribution in [1.82, 2.24) is 29.5 Å². The Balaban J connectivity index is 1.24. The first-order valence-electron chi connectivity index (χ1n) is 20.6. The number of benzene rings is 7. The Morgan fingerprint density at radius 2 is 1.00 bits per heavy atom. The molecule has 4 aromatic heterocycles. The van der Waals surface area contributed by atoms with Crippen molar-refractivity contribution >= 4 is 53.4 Å². The molecule has 0 aliphatic rings. The van der Waals surface area contributed by atoms with Crippen LogP contribution in [-0.4, -0.2) is 29.5 Å². The predicted molar refractivity (Wildman–Crippen MR) is 230 cm³/mol. The third kappa shape index (κ3) is 5.36. The molecule has 11 aromatic rings. The van der Waals surface area contributed by atoms with Gasteiger partial charge in [-0.1, -0.05) is 145 Å². The molecule has 4 heterocycles. The topological polar surface area (TPSA) is 69.4 Å². The Kier molecular flexibility index (Phi) is 6.42. The summed E-state index contributed by atoms with van der Waals surface area (Å²) in [6.45, 7) is 0. The Bertz CT molecular complexity index is 3410. The van der Waals surface area contributed by atoms with Gasteiger partial charge in [0.15, 0.2) is 23.3 Å². The van der Waals surface area contributed by atoms with Crippen molar-refractivity contribution in [2.45, 2.75) is 0 Å². The molecule has 7 aromatic carbocycles. The summed E-state index contributed by atoms with van der Waals surface area (Å²) < 4.78 is 47.1. The molecule has 0 fully saturated rings. The van der Waals surface area contributed by atoms with Crippen LogP contribution in [0.25, 0.3) is 105 Å². The molecule has 0 spiro atoms. The second-order valence-corrected chi connectivity index (χ2v) is 14.4. The van der Waals surface area contributed by atoms with Gasteiger partial charge in [0.1, 0.15) is 0 Å². The van der Waals surface area contributed by atoms with Crippen molar-refractivity contribution in [3.63, 3.8) is 0 Å². The molecule has 7 heteroatoms. The number of hydrogen-bond acceptors (Lipinski definition) is 6. The van der Waals surface area contributed by atoms with Crippen LogP contribution >= 0.6 is 11.3 Å². The molecule has 0 aliphatic carbocycles. The lowest BCUT2D eigenvalue weighted by Gasteiger charge is -2.16. The van der Waals surface area contributed by atoms with Crippen LogP contribution in [0.1, 0.15) is 6.85 Å². The second kappa shape index (κ2) is 13.2. The highest BCUT2D eigenvalue weighted by Crippen LogP contribution is 2.41. The molecule has 0 amide bonds. The van der Waals surface area contributed by atoms with E-state index in [1.165, 1.54) is 11.3 Å². The molecule has 56 heavy (non-hydrogen) atoms. The summed E-state index contributed by atoms with van der Waals surface area (Å²) in [4.78, 5) is 25.6. The maximum Gasteiger partial charge on any atom is 0.166 e. The molecule has 0 unspecified atom stereocenters. The molecule has 0 atom stereocenters. The van der Waals surface area contributed by atoms with Crippen LogP contribution in [0.2, 0.25) is 0 Å². The van der Waals surface area contributed by atoms with E-state index in [9.17, 15) is 0 Å². The molecule has 262 valence electrons. The largest absolute Gasteiger partial charge is 0.309 e. The fourth-order valence-corrected chi connectivity index (χ4v) is 8.56. The van der Waals surface area contributed by atoms with Gasteiger partial charge in [-0.25, -0.2) is 24.9 Å². The Hall–Kier alpha value is -7.35. The summed E-state index contributed by atoms with van der Waals surface area (Å²) in [6, 6.07) is 48.1. The minimum atomic E-state index is -0.465. The van der Waals surface area contributed by atoms with Crippen molar-refractivity contribution in [3.8, 4) is 62.5 Å². The van der Waals surface area contributed by atoms with Gasteiger partial charge < -0.3 is 4.57 Å². The lowest BCUT2D eigenvalue weighted by molar-refractivity contribution is 1.06. The summed E-state index contributed by atoms with van der Waals surface area (Å²) in [5.41, 5.74) is 6.70. The van der Waals surface area contributed by atoms with Crippen LogP contribution in [-0.2, 0) is 0 Å². The summed E-state index contributed by atoms with van der Waals surface area (Å²) in [7, 11) is 0. The van der Waals surface area contributed by atoms with Crippen LogP contribution < -0.4 is 0 Å². The maximum absolute atomic E-state index is 8.97. The zero-order valence-electron chi connectivity index (χ0n) is 34.5. The summed E-state index contributed by atoms with van der Waals surface area (Å²) in [5, 5.41) is 3.07. The number of nitrogens with zero attached hydrogens (tertiary/aromatic N) is 6. The van der Waals surface area contributed by atoms with Crippen molar-refractivity contribution in [3.05, 3.63) is 182 Å². The van der Waals surface area contributed by atoms with Crippen LogP contribution in [0.15, 0.2) is 182 Å². The predicted octanol–water partition coefficient (Wildman–Crippen LogP) is 12.5. The molecule has 0 aliphatic heterocycles. The van der Waals surface area contributed by atoms with Crippen LogP contribution in [0.4, 0.5) is 0 Å². The molecule has 6 nitrogen and oxygen atoms in total. The molecule has 11 rings (SSSR count). The number of fused-ring (bicyclic) bond motifs is 6. The Morgan fingerprint density at radius 1 is 0.446 bits per heavy atom. The van der Waals surface area contributed by atoms with Crippen molar-refractivity contribution in [2.75, 3.05) is 0 Å². The van der Waals surface area contributed by atoms with E-state index in [2.05, 4.69) is 28.8 Å². The van der Waals surface area contributed by atoms with Gasteiger partial charge in [-0.2, -0.15) is 0 Å². The van der Waals surface area contributed by atoms with Gasteiger partial charge in [0.05, 0.1) is 39.5 Å². The molecule has 0 radical (unpaired) electrons. The highest BCUT2D eigenvalue weighted by Gasteiger charge is 2.22. The number of para-hydroxylation sites is 2. The van der Waals surface area contributed by atoms with E-state index in [0.717, 1.165) is 48.7 Å². The Morgan fingerprint density at radius 3 is 1.66 bits per heavy atom. The average molecular weight is 740 g/mol. The second-order valence-electron chi connectivity index (χ2n) is 13.3. The normalized spacial score (nSPS) is 12.8. The van der Waals surface area contributed by atoms with E-state index in [-0.39, 0.29) is 23.3 Å². The highest BCUT2D eigenvalue weighted by molar-refractivity contribution is 7.26. The van der Waals surface area contributed by atoms with E-state index in [0.29, 0.717) is 44.6 Å². The fraction of sp³-hybridized carbons (Fsp3) is 0. The Labute approximate surface area is 333 Å². The van der Waals surface area contributed by atoms with Gasteiger partial charge in [0, 0.05) is 48.7 Å². The first-order valence-corrected chi connectivity index (χ1v) is 18.9. The third-order valence-corrected chi connectivity index (χ3v) is 11.1. The van der Waals surface area contributed by atoms with Gasteiger partial charge in [0.25, 0.3) is 0 Å². The summed E-state index contributed by atoms with van der Waals surface area (Å²) in [6.07, 6.45) is 0. The van der Waals surface area contributed by atoms with Crippen molar-refractivity contribution < 1.29 is 6.85 Å². The number of thiophene rings is 1. The summed E-state index contributed by atoms with van der Waals surface area (Å²) in [5.74, 6) is 1.76. The van der Waals surface area contributed by atoms with Gasteiger partial charge in [-0.05, 0) is 36.4 Å². The van der Waals surface area contributed by atoms with E-state index in [1.54, 1.807) is 0 Å². The smallest absolute Gasteiger partial charge is 0.166 e.